The van der Waals surface area contributed by atoms with Crippen LogP contribution in [0.5, 0.6) is 0 Å². The number of carbonyl (C=O) groups is 1. The Hall–Kier alpha value is -2.55. The van der Waals surface area contributed by atoms with Crippen LogP contribution in [0.4, 0.5) is 0 Å². The van der Waals surface area contributed by atoms with Crippen LogP contribution < -0.4 is 0 Å². The fraction of sp³-hybridized carbons (Fsp3) is 0.333. The number of aryl methyl sites for hydroxylation is 1. The van der Waals surface area contributed by atoms with Crippen LogP contribution in [0.15, 0.2) is 60.0 Å². The van der Waals surface area contributed by atoms with Crippen LogP contribution >= 0.6 is 11.3 Å². The second kappa shape index (κ2) is 10.4. The monoisotopic (exact) mass is 469 g/mol. The molecule has 0 spiro atoms. The number of unbranched alkanes of at least 4 members (excludes halogenated alkanes) is 1. The molecule has 32 heavy (non-hydrogen) atoms. The molecule has 1 saturated heterocycles. The number of hydrogen-bond acceptors (Lipinski definition) is 5. The van der Waals surface area contributed by atoms with Crippen molar-refractivity contribution < 1.29 is 13.2 Å². The first kappa shape index (κ1) is 22.6. The number of amides is 1. The molecule has 0 aliphatic carbocycles. The van der Waals surface area contributed by atoms with Crippen LogP contribution in [-0.4, -0.2) is 54.7 Å². The molecule has 0 unspecified atom stereocenters. The molecule has 1 aromatic heterocycles. The van der Waals surface area contributed by atoms with E-state index in [1.54, 1.807) is 22.3 Å². The predicted molar refractivity (Wildman–Crippen MR) is 130 cm³/mol. The van der Waals surface area contributed by atoms with Crippen molar-refractivity contribution in [1.29, 1.82) is 0 Å². The van der Waals surface area contributed by atoms with Gasteiger partial charge < -0.3 is 4.90 Å². The van der Waals surface area contributed by atoms with Gasteiger partial charge in [0.15, 0.2) is 0 Å². The Labute approximate surface area is 193 Å². The average Bonchev–Trinajstić information content (AvgIpc) is 3.24. The number of fused-ring (bicyclic) bond motifs is 1. The van der Waals surface area contributed by atoms with Crippen LogP contribution in [-0.2, 0) is 21.2 Å². The number of rotatable bonds is 8. The minimum atomic E-state index is -3.48. The van der Waals surface area contributed by atoms with E-state index in [1.807, 2.05) is 48.5 Å². The summed E-state index contributed by atoms with van der Waals surface area (Å²) in [4.78, 5) is 19.0. The summed E-state index contributed by atoms with van der Waals surface area (Å²) in [6, 6.07) is 17.5. The maximum Gasteiger partial charge on any atom is 0.236 e. The minimum Gasteiger partial charge on any atom is -0.340 e. The summed E-state index contributed by atoms with van der Waals surface area (Å²) >= 11 is 1.71. The summed E-state index contributed by atoms with van der Waals surface area (Å²) in [6.45, 7) is 1.54. The molecule has 6 nitrogen and oxygen atoms in total. The van der Waals surface area contributed by atoms with Crippen molar-refractivity contribution in [2.75, 3.05) is 26.2 Å². The molecule has 1 aliphatic heterocycles. The van der Waals surface area contributed by atoms with E-state index in [0.29, 0.717) is 32.6 Å². The maximum absolute atomic E-state index is 12.6. The summed E-state index contributed by atoms with van der Waals surface area (Å²) in [5.74, 6) is 0.103. The van der Waals surface area contributed by atoms with E-state index in [0.717, 1.165) is 35.4 Å². The fourth-order valence-corrected chi connectivity index (χ4v) is 5.93. The zero-order chi connectivity index (χ0) is 22.4. The SMILES string of the molecule is O=C(CCCCc1nc2ccccc2s1)N1CCN(S(=O)(=O)/C=C/c2ccccc2)CC1. The number of para-hydroxylation sites is 1. The van der Waals surface area contributed by atoms with Crippen molar-refractivity contribution in [1.82, 2.24) is 14.2 Å². The lowest BCUT2D eigenvalue weighted by molar-refractivity contribution is -0.132. The Kier molecular flexibility index (Phi) is 7.34. The predicted octanol–water partition coefficient (Wildman–Crippen LogP) is 4.15. The molecule has 2 heterocycles. The van der Waals surface area contributed by atoms with E-state index in [1.165, 1.54) is 14.4 Å². The van der Waals surface area contributed by atoms with Crippen molar-refractivity contribution in [2.45, 2.75) is 25.7 Å². The molecule has 1 aliphatic rings. The minimum absolute atomic E-state index is 0.103. The van der Waals surface area contributed by atoms with Gasteiger partial charge in [0.05, 0.1) is 15.2 Å². The lowest BCUT2D eigenvalue weighted by Gasteiger charge is -2.33. The highest BCUT2D eigenvalue weighted by molar-refractivity contribution is 7.92. The Balaban J connectivity index is 1.19. The lowest BCUT2D eigenvalue weighted by Crippen LogP contribution is -2.50. The summed E-state index contributed by atoms with van der Waals surface area (Å²) in [6.07, 6.45) is 4.72. The molecule has 168 valence electrons. The van der Waals surface area contributed by atoms with Crippen LogP contribution in [0.25, 0.3) is 16.3 Å². The lowest BCUT2D eigenvalue weighted by atomic mass is 10.1. The third-order valence-corrected chi connectivity index (χ3v) is 8.21. The average molecular weight is 470 g/mol. The molecule has 0 atom stereocenters. The highest BCUT2D eigenvalue weighted by atomic mass is 32.2. The first-order valence-corrected chi connectivity index (χ1v) is 13.2. The van der Waals surface area contributed by atoms with Gasteiger partial charge in [-0.3, -0.25) is 4.79 Å². The zero-order valence-electron chi connectivity index (χ0n) is 17.9. The van der Waals surface area contributed by atoms with E-state index in [9.17, 15) is 13.2 Å². The smallest absolute Gasteiger partial charge is 0.236 e. The van der Waals surface area contributed by atoms with Crippen LogP contribution in [0.3, 0.4) is 0 Å². The highest BCUT2D eigenvalue weighted by Crippen LogP contribution is 2.23. The number of piperazine rings is 1. The van der Waals surface area contributed by atoms with Crippen LogP contribution in [0.2, 0.25) is 0 Å². The van der Waals surface area contributed by atoms with E-state index in [2.05, 4.69) is 11.1 Å². The van der Waals surface area contributed by atoms with Crippen molar-refractivity contribution >= 4 is 43.6 Å². The van der Waals surface area contributed by atoms with Gasteiger partial charge in [-0.1, -0.05) is 42.5 Å². The quantitative estimate of drug-likeness (QED) is 0.465. The summed E-state index contributed by atoms with van der Waals surface area (Å²) < 4.78 is 27.8. The standard InChI is InChI=1S/C24H27N3O3S2/c28-24(13-7-6-12-23-25-21-10-4-5-11-22(21)31-23)26-15-17-27(18-16-26)32(29,30)19-14-20-8-2-1-3-9-20/h1-5,8-11,14,19H,6-7,12-13,15-18H2/b19-14+. The Morgan fingerprint density at radius 1 is 0.969 bits per heavy atom. The first-order chi connectivity index (χ1) is 15.5. The molecular formula is C24H27N3O3S2. The molecule has 8 heteroatoms. The van der Waals surface area contributed by atoms with E-state index >= 15 is 0 Å². The molecule has 2 aromatic carbocycles. The molecule has 1 amide bonds. The third-order valence-electron chi connectivity index (χ3n) is 5.55. The first-order valence-electron chi connectivity index (χ1n) is 10.9. The van der Waals surface area contributed by atoms with Crippen molar-refractivity contribution in [2.24, 2.45) is 0 Å². The topological polar surface area (TPSA) is 70.6 Å². The van der Waals surface area contributed by atoms with Gasteiger partial charge in [-0.15, -0.1) is 11.3 Å². The van der Waals surface area contributed by atoms with Gasteiger partial charge in [0.1, 0.15) is 0 Å². The second-order valence-electron chi connectivity index (χ2n) is 7.82. The summed E-state index contributed by atoms with van der Waals surface area (Å²) in [7, 11) is -3.48. The number of sulfonamides is 1. The van der Waals surface area contributed by atoms with Gasteiger partial charge in [-0.25, -0.2) is 13.4 Å². The zero-order valence-corrected chi connectivity index (χ0v) is 19.5. The van der Waals surface area contributed by atoms with Gasteiger partial charge in [-0.2, -0.15) is 4.31 Å². The molecule has 3 aromatic rings. The Morgan fingerprint density at radius 2 is 1.69 bits per heavy atom. The van der Waals surface area contributed by atoms with Gasteiger partial charge >= 0.3 is 0 Å². The molecule has 0 N–H and O–H groups in total. The number of aromatic nitrogens is 1. The largest absolute Gasteiger partial charge is 0.340 e. The van der Waals surface area contributed by atoms with Gasteiger partial charge in [-0.05, 0) is 43.0 Å². The summed E-state index contributed by atoms with van der Waals surface area (Å²) in [5.41, 5.74) is 1.88. The van der Waals surface area contributed by atoms with E-state index < -0.39 is 10.0 Å². The Morgan fingerprint density at radius 3 is 2.44 bits per heavy atom. The second-order valence-corrected chi connectivity index (χ2v) is 10.8. The van der Waals surface area contributed by atoms with Gasteiger partial charge in [0.2, 0.25) is 15.9 Å². The number of thiazole rings is 1. The molecular weight excluding hydrogens is 442 g/mol. The molecule has 0 bridgehead atoms. The number of nitrogens with zero attached hydrogens (tertiary/aromatic N) is 3. The number of carbonyl (C=O) groups excluding carboxylic acids is 1. The fourth-order valence-electron chi connectivity index (χ4n) is 3.74. The number of benzene rings is 2. The van der Waals surface area contributed by atoms with Crippen molar-refractivity contribution in [3.63, 3.8) is 0 Å². The third kappa shape index (κ3) is 5.82. The molecule has 0 saturated carbocycles. The molecule has 1 fully saturated rings. The normalized spacial score (nSPS) is 15.6. The van der Waals surface area contributed by atoms with Gasteiger partial charge in [0, 0.05) is 38.0 Å². The van der Waals surface area contributed by atoms with Gasteiger partial charge in [0.25, 0.3) is 0 Å². The van der Waals surface area contributed by atoms with Crippen molar-refractivity contribution in [3.8, 4) is 0 Å². The van der Waals surface area contributed by atoms with E-state index in [4.69, 9.17) is 0 Å². The maximum atomic E-state index is 12.6. The summed E-state index contributed by atoms with van der Waals surface area (Å²) in [5, 5.41) is 2.36. The molecule has 0 radical (unpaired) electrons. The molecule has 4 rings (SSSR count). The van der Waals surface area contributed by atoms with Crippen LogP contribution in [0.1, 0.15) is 29.8 Å². The Bertz CT molecular complexity index is 1150. The number of hydrogen-bond donors (Lipinski definition) is 0. The van der Waals surface area contributed by atoms with E-state index in [-0.39, 0.29) is 5.91 Å². The van der Waals surface area contributed by atoms with Crippen LogP contribution in [0, 0.1) is 0 Å². The highest BCUT2D eigenvalue weighted by Gasteiger charge is 2.27. The van der Waals surface area contributed by atoms with Crippen molar-refractivity contribution in [3.05, 3.63) is 70.6 Å².